The van der Waals surface area contributed by atoms with E-state index in [1.165, 1.54) is 7.11 Å². The number of carbonyl (C=O) groups is 1. The molecule has 2 aliphatic rings. The van der Waals surface area contributed by atoms with Crippen LogP contribution < -0.4 is 5.32 Å². The zero-order valence-corrected chi connectivity index (χ0v) is 14.8. The van der Waals surface area contributed by atoms with E-state index in [0.717, 1.165) is 43.6 Å². The van der Waals surface area contributed by atoms with Crippen molar-refractivity contribution in [3.05, 3.63) is 17.0 Å². The summed E-state index contributed by atoms with van der Waals surface area (Å²) in [5.74, 6) is -0.410. The number of esters is 1. The molecule has 0 spiro atoms. The number of H-pyrrole nitrogens is 1. The molecule has 1 saturated heterocycles. The first-order valence-electron chi connectivity index (χ1n) is 7.41. The highest BCUT2D eigenvalue weighted by molar-refractivity contribution is 5.89. The molecular formula is C14H24Cl2N4O3. The number of aromatic nitrogens is 2. The van der Waals surface area contributed by atoms with Crippen LogP contribution in [0.4, 0.5) is 0 Å². The first-order chi connectivity index (χ1) is 10.1. The number of aromatic amines is 1. The molecule has 0 amide bonds. The van der Waals surface area contributed by atoms with Gasteiger partial charge in [0.2, 0.25) is 0 Å². The number of nitrogens with zero attached hydrogens (tertiary/aromatic N) is 2. The summed E-state index contributed by atoms with van der Waals surface area (Å²) in [6.45, 7) is 3.70. The number of rotatable bonds is 3. The van der Waals surface area contributed by atoms with E-state index < -0.39 is 11.6 Å². The van der Waals surface area contributed by atoms with E-state index in [1.807, 2.05) is 0 Å². The van der Waals surface area contributed by atoms with Gasteiger partial charge in [0.15, 0.2) is 5.69 Å². The van der Waals surface area contributed by atoms with E-state index in [0.29, 0.717) is 25.3 Å². The molecule has 1 aromatic rings. The molecule has 0 bridgehead atoms. The number of ether oxygens (including phenoxy) is 1. The topological polar surface area (TPSA) is 90.5 Å². The third kappa shape index (κ3) is 4.36. The van der Waals surface area contributed by atoms with Crippen molar-refractivity contribution in [3.63, 3.8) is 0 Å². The fourth-order valence-corrected chi connectivity index (χ4v) is 3.25. The van der Waals surface area contributed by atoms with Crippen LogP contribution in [-0.2, 0) is 17.7 Å². The largest absolute Gasteiger partial charge is 0.464 e. The quantitative estimate of drug-likeness (QED) is 0.675. The van der Waals surface area contributed by atoms with Crippen LogP contribution in [0.5, 0.6) is 0 Å². The van der Waals surface area contributed by atoms with Gasteiger partial charge in [0, 0.05) is 43.9 Å². The Morgan fingerprint density at radius 3 is 2.91 bits per heavy atom. The van der Waals surface area contributed by atoms with E-state index >= 15 is 0 Å². The zero-order valence-electron chi connectivity index (χ0n) is 13.1. The smallest absolute Gasteiger partial charge is 0.358 e. The minimum Gasteiger partial charge on any atom is -0.464 e. The number of nitrogens with one attached hydrogen (secondary N) is 2. The monoisotopic (exact) mass is 366 g/mol. The number of fused-ring (bicyclic) bond motifs is 1. The van der Waals surface area contributed by atoms with E-state index in [1.54, 1.807) is 0 Å². The van der Waals surface area contributed by atoms with Crippen LogP contribution in [0.3, 0.4) is 0 Å². The van der Waals surface area contributed by atoms with Crippen LogP contribution >= 0.6 is 24.8 Å². The molecular weight excluding hydrogens is 343 g/mol. The van der Waals surface area contributed by atoms with E-state index in [4.69, 9.17) is 4.74 Å². The lowest BCUT2D eigenvalue weighted by atomic mass is 9.92. The van der Waals surface area contributed by atoms with Crippen LogP contribution in [0.2, 0.25) is 0 Å². The molecule has 2 aliphatic heterocycles. The molecule has 23 heavy (non-hydrogen) atoms. The highest BCUT2D eigenvalue weighted by Gasteiger charge is 2.34. The van der Waals surface area contributed by atoms with Gasteiger partial charge in [-0.25, -0.2) is 4.79 Å². The van der Waals surface area contributed by atoms with Gasteiger partial charge in [-0.2, -0.15) is 5.10 Å². The Hall–Kier alpha value is -0.860. The van der Waals surface area contributed by atoms with Gasteiger partial charge in [-0.05, 0) is 19.4 Å². The van der Waals surface area contributed by atoms with Crippen molar-refractivity contribution in [2.45, 2.75) is 31.4 Å². The average molecular weight is 367 g/mol. The number of halogens is 2. The van der Waals surface area contributed by atoms with Crippen molar-refractivity contribution in [1.82, 2.24) is 20.4 Å². The first kappa shape index (κ1) is 20.2. The Morgan fingerprint density at radius 1 is 1.48 bits per heavy atom. The van der Waals surface area contributed by atoms with Crippen LogP contribution in [-0.4, -0.2) is 65.1 Å². The Bertz CT molecular complexity index is 532. The van der Waals surface area contributed by atoms with Crippen molar-refractivity contribution in [3.8, 4) is 0 Å². The molecule has 7 nitrogen and oxygen atoms in total. The molecule has 0 radical (unpaired) electrons. The Balaban J connectivity index is 0.00000132. The summed E-state index contributed by atoms with van der Waals surface area (Å²) in [6.07, 6.45) is 2.62. The van der Waals surface area contributed by atoms with E-state index in [9.17, 15) is 9.90 Å². The molecule has 3 N–H and O–H groups in total. The summed E-state index contributed by atoms with van der Waals surface area (Å²) in [6, 6.07) is 0. The molecule has 1 aromatic heterocycles. The second-order valence-corrected chi connectivity index (χ2v) is 5.99. The molecule has 9 heteroatoms. The van der Waals surface area contributed by atoms with Gasteiger partial charge in [0.1, 0.15) is 0 Å². The molecule has 1 atom stereocenters. The lowest BCUT2D eigenvalue weighted by Gasteiger charge is -2.38. The van der Waals surface area contributed by atoms with Crippen molar-refractivity contribution in [2.24, 2.45) is 0 Å². The molecule has 132 valence electrons. The normalized spacial score (nSPS) is 24.1. The van der Waals surface area contributed by atoms with Gasteiger partial charge in [-0.15, -0.1) is 24.8 Å². The SMILES string of the molecule is COC(=O)c1n[nH]c2c1CN(CC1(O)CCCNC1)CC2.Cl.Cl. The maximum Gasteiger partial charge on any atom is 0.358 e. The van der Waals surface area contributed by atoms with Gasteiger partial charge in [0.25, 0.3) is 0 Å². The summed E-state index contributed by atoms with van der Waals surface area (Å²) in [7, 11) is 1.36. The Kier molecular flexibility index (Phi) is 7.29. The van der Waals surface area contributed by atoms with Gasteiger partial charge < -0.3 is 15.2 Å². The maximum atomic E-state index is 11.7. The van der Waals surface area contributed by atoms with Crippen molar-refractivity contribution in [1.29, 1.82) is 0 Å². The van der Waals surface area contributed by atoms with Crippen LogP contribution in [0.1, 0.15) is 34.6 Å². The van der Waals surface area contributed by atoms with Gasteiger partial charge in [-0.1, -0.05) is 0 Å². The molecule has 0 aromatic carbocycles. The zero-order chi connectivity index (χ0) is 14.9. The number of methoxy groups -OCH3 is 1. The summed E-state index contributed by atoms with van der Waals surface area (Å²) >= 11 is 0. The lowest BCUT2D eigenvalue weighted by Crippen LogP contribution is -2.53. The first-order valence-corrected chi connectivity index (χ1v) is 7.41. The van der Waals surface area contributed by atoms with Crippen LogP contribution in [0.15, 0.2) is 0 Å². The van der Waals surface area contributed by atoms with Crippen molar-refractivity contribution < 1.29 is 14.6 Å². The minimum atomic E-state index is -0.676. The van der Waals surface area contributed by atoms with E-state index in [2.05, 4.69) is 20.4 Å². The second-order valence-electron chi connectivity index (χ2n) is 5.99. The highest BCUT2D eigenvalue weighted by Crippen LogP contribution is 2.24. The van der Waals surface area contributed by atoms with Gasteiger partial charge in [0.05, 0.1) is 12.7 Å². The standard InChI is InChI=1S/C14H22N4O3.2ClH/c1-21-13(19)12-10-7-18(6-3-11(10)16-17-12)9-14(20)4-2-5-15-8-14;;/h15,20H,2-9H2,1H3,(H,16,17);2*1H. The van der Waals surface area contributed by atoms with Crippen molar-refractivity contribution >= 4 is 30.8 Å². The Morgan fingerprint density at radius 2 is 2.26 bits per heavy atom. The van der Waals surface area contributed by atoms with E-state index in [-0.39, 0.29) is 24.8 Å². The fourth-order valence-electron chi connectivity index (χ4n) is 3.25. The Labute approximate surface area is 148 Å². The number of carbonyl (C=O) groups excluding carboxylic acids is 1. The number of β-amino-alcohol motifs (C(OH)–C–C–N with tert-alkyl or cyclic N) is 1. The predicted molar refractivity (Wildman–Crippen MR) is 90.5 cm³/mol. The highest BCUT2D eigenvalue weighted by atomic mass is 35.5. The van der Waals surface area contributed by atoms with Gasteiger partial charge in [-0.3, -0.25) is 10.00 Å². The molecule has 1 unspecified atom stereocenters. The summed E-state index contributed by atoms with van der Waals surface area (Å²) in [4.78, 5) is 13.9. The third-order valence-electron chi connectivity index (χ3n) is 4.36. The molecule has 3 rings (SSSR count). The number of piperidine rings is 1. The lowest BCUT2D eigenvalue weighted by molar-refractivity contribution is -0.0186. The van der Waals surface area contributed by atoms with Gasteiger partial charge >= 0.3 is 5.97 Å². The van der Waals surface area contributed by atoms with Crippen LogP contribution in [0, 0.1) is 0 Å². The summed E-state index contributed by atoms with van der Waals surface area (Å²) < 4.78 is 4.77. The third-order valence-corrected chi connectivity index (χ3v) is 4.36. The number of hydrogen-bond donors (Lipinski definition) is 3. The number of aliphatic hydroxyl groups is 1. The fraction of sp³-hybridized carbons (Fsp3) is 0.714. The molecule has 0 saturated carbocycles. The molecule has 0 aliphatic carbocycles. The second kappa shape index (κ2) is 8.30. The van der Waals surface area contributed by atoms with Crippen molar-refractivity contribution in [2.75, 3.05) is 33.3 Å². The molecule has 3 heterocycles. The predicted octanol–water partition coefficient (Wildman–Crippen LogP) is 0.512. The van der Waals surface area contributed by atoms with Crippen LogP contribution in [0.25, 0.3) is 0 Å². The number of hydrogen-bond acceptors (Lipinski definition) is 6. The summed E-state index contributed by atoms with van der Waals surface area (Å²) in [5, 5.41) is 20.9. The molecule has 1 fully saturated rings. The maximum absolute atomic E-state index is 11.7. The minimum absolute atomic E-state index is 0. The average Bonchev–Trinajstić information content (AvgIpc) is 2.90. The summed E-state index contributed by atoms with van der Waals surface area (Å²) in [5.41, 5.74) is 1.59.